The van der Waals surface area contributed by atoms with Gasteiger partial charge >= 0.3 is 12.1 Å². The lowest BCUT2D eigenvalue weighted by Gasteiger charge is -2.41. The monoisotopic (exact) mass is 255 g/mol. The first kappa shape index (κ1) is 13.2. The molecule has 5 heteroatoms. The standard InChI is InChI=1S/C13H21NO4/c1-8(10(15)16)9-5-13(9)6-14(7-13)11(17)18-12(2,3)4/h8-9H,5-7H2,1-4H3,(H,15,16). The fourth-order valence-corrected chi connectivity index (χ4v) is 2.79. The lowest BCUT2D eigenvalue weighted by Crippen LogP contribution is -2.54. The highest BCUT2D eigenvalue weighted by molar-refractivity contribution is 5.72. The van der Waals surface area contributed by atoms with Crippen LogP contribution in [-0.4, -0.2) is 40.8 Å². The van der Waals surface area contributed by atoms with Crippen molar-refractivity contribution in [2.45, 2.75) is 39.7 Å². The van der Waals surface area contributed by atoms with Crippen LogP contribution in [0.2, 0.25) is 0 Å². The van der Waals surface area contributed by atoms with E-state index in [-0.39, 0.29) is 23.3 Å². The van der Waals surface area contributed by atoms with Gasteiger partial charge in [0.2, 0.25) is 0 Å². The van der Waals surface area contributed by atoms with Crippen molar-refractivity contribution >= 4 is 12.1 Å². The molecule has 1 saturated heterocycles. The summed E-state index contributed by atoms with van der Waals surface area (Å²) in [5, 5.41) is 8.97. The molecule has 0 aromatic carbocycles. The van der Waals surface area contributed by atoms with Crippen LogP contribution in [0.1, 0.15) is 34.1 Å². The van der Waals surface area contributed by atoms with Crippen LogP contribution in [0.4, 0.5) is 4.79 Å². The molecule has 102 valence electrons. The highest BCUT2D eigenvalue weighted by atomic mass is 16.6. The number of nitrogens with zero attached hydrogens (tertiary/aromatic N) is 1. The van der Waals surface area contributed by atoms with Crippen LogP contribution in [0.3, 0.4) is 0 Å². The summed E-state index contributed by atoms with van der Waals surface area (Å²) in [6.45, 7) is 8.55. The zero-order valence-electron chi connectivity index (χ0n) is 11.4. The van der Waals surface area contributed by atoms with E-state index < -0.39 is 11.6 Å². The van der Waals surface area contributed by atoms with Crippen LogP contribution < -0.4 is 0 Å². The largest absolute Gasteiger partial charge is 0.481 e. The van der Waals surface area contributed by atoms with E-state index in [2.05, 4.69) is 0 Å². The van der Waals surface area contributed by atoms with Crippen molar-refractivity contribution in [3.63, 3.8) is 0 Å². The van der Waals surface area contributed by atoms with Gasteiger partial charge in [-0.3, -0.25) is 4.79 Å². The summed E-state index contributed by atoms with van der Waals surface area (Å²) >= 11 is 0. The predicted octanol–water partition coefficient (Wildman–Crippen LogP) is 1.96. The van der Waals surface area contributed by atoms with E-state index in [0.717, 1.165) is 6.42 Å². The summed E-state index contributed by atoms with van der Waals surface area (Å²) in [5.41, 5.74) is -0.411. The van der Waals surface area contributed by atoms with Gasteiger partial charge < -0.3 is 14.7 Å². The Balaban J connectivity index is 1.82. The lowest BCUT2D eigenvalue weighted by atomic mass is 9.89. The molecule has 2 rings (SSSR count). The number of hydrogen-bond donors (Lipinski definition) is 1. The third-order valence-electron chi connectivity index (χ3n) is 3.91. The molecular formula is C13H21NO4. The molecule has 18 heavy (non-hydrogen) atoms. The maximum atomic E-state index is 11.8. The molecule has 2 fully saturated rings. The maximum Gasteiger partial charge on any atom is 0.410 e. The van der Waals surface area contributed by atoms with E-state index in [9.17, 15) is 9.59 Å². The third-order valence-corrected chi connectivity index (χ3v) is 3.91. The molecule has 2 atom stereocenters. The van der Waals surface area contributed by atoms with Crippen LogP contribution in [-0.2, 0) is 9.53 Å². The van der Waals surface area contributed by atoms with Crippen LogP contribution in [0.5, 0.6) is 0 Å². The van der Waals surface area contributed by atoms with Crippen LogP contribution in [0.25, 0.3) is 0 Å². The van der Waals surface area contributed by atoms with Gasteiger partial charge in [0, 0.05) is 18.5 Å². The predicted molar refractivity (Wildman–Crippen MR) is 65.1 cm³/mol. The Morgan fingerprint density at radius 1 is 1.39 bits per heavy atom. The molecule has 5 nitrogen and oxygen atoms in total. The summed E-state index contributed by atoms with van der Waals surface area (Å²) in [6.07, 6.45) is 0.626. The van der Waals surface area contributed by atoms with E-state index >= 15 is 0 Å². The smallest absolute Gasteiger partial charge is 0.410 e. The Kier molecular flexibility index (Phi) is 2.83. The van der Waals surface area contributed by atoms with Gasteiger partial charge in [0.05, 0.1) is 5.92 Å². The van der Waals surface area contributed by atoms with Gasteiger partial charge in [0.25, 0.3) is 0 Å². The lowest BCUT2D eigenvalue weighted by molar-refractivity contribution is -0.142. The molecule has 1 N–H and O–H groups in total. The summed E-state index contributed by atoms with van der Waals surface area (Å²) < 4.78 is 5.28. The molecule has 0 aromatic heterocycles. The summed E-state index contributed by atoms with van der Waals surface area (Å²) in [7, 11) is 0. The second-order valence-electron chi connectivity index (χ2n) is 6.64. The summed E-state index contributed by atoms with van der Waals surface area (Å²) in [5.74, 6) is -0.841. The number of carbonyl (C=O) groups is 2. The minimum absolute atomic E-state index is 0.0642. The van der Waals surface area contributed by atoms with E-state index in [1.807, 2.05) is 20.8 Å². The first-order chi connectivity index (χ1) is 8.15. The van der Waals surface area contributed by atoms with Crippen LogP contribution >= 0.6 is 0 Å². The normalized spacial score (nSPS) is 26.4. The Morgan fingerprint density at radius 2 is 1.94 bits per heavy atom. The van der Waals surface area contributed by atoms with Gasteiger partial charge in [-0.05, 0) is 33.1 Å². The molecule has 1 aliphatic heterocycles. The van der Waals surface area contributed by atoms with E-state index in [0.29, 0.717) is 13.1 Å². The number of rotatable bonds is 2. The van der Waals surface area contributed by atoms with Crippen molar-refractivity contribution in [3.05, 3.63) is 0 Å². The SMILES string of the molecule is CC(C(=O)O)C1CC12CN(C(=O)OC(C)(C)C)C2. The zero-order valence-corrected chi connectivity index (χ0v) is 11.4. The zero-order chi connectivity index (χ0) is 13.7. The molecule has 1 amide bonds. The van der Waals surface area contributed by atoms with Gasteiger partial charge in [-0.15, -0.1) is 0 Å². The van der Waals surface area contributed by atoms with Crippen molar-refractivity contribution in [2.75, 3.05) is 13.1 Å². The van der Waals surface area contributed by atoms with Crippen molar-refractivity contribution < 1.29 is 19.4 Å². The average Bonchev–Trinajstić information content (AvgIpc) is 2.85. The molecule has 2 aliphatic rings. The number of hydrogen-bond acceptors (Lipinski definition) is 3. The summed E-state index contributed by atoms with van der Waals surface area (Å²) in [6, 6.07) is 0. The second kappa shape index (κ2) is 3.87. The molecule has 2 unspecified atom stereocenters. The minimum Gasteiger partial charge on any atom is -0.481 e. The van der Waals surface area contributed by atoms with Gasteiger partial charge in [-0.1, -0.05) is 6.92 Å². The van der Waals surface area contributed by atoms with Crippen molar-refractivity contribution in [2.24, 2.45) is 17.3 Å². The van der Waals surface area contributed by atoms with Crippen molar-refractivity contribution in [3.8, 4) is 0 Å². The van der Waals surface area contributed by atoms with E-state index in [1.165, 1.54) is 0 Å². The first-order valence-corrected chi connectivity index (χ1v) is 6.35. The van der Waals surface area contributed by atoms with Crippen LogP contribution in [0, 0.1) is 17.3 Å². The highest BCUT2D eigenvalue weighted by Gasteiger charge is 2.65. The molecule has 0 radical (unpaired) electrons. The number of carbonyl (C=O) groups excluding carboxylic acids is 1. The topological polar surface area (TPSA) is 66.8 Å². The first-order valence-electron chi connectivity index (χ1n) is 6.35. The van der Waals surface area contributed by atoms with Gasteiger partial charge in [0.15, 0.2) is 0 Å². The molecule has 1 saturated carbocycles. The van der Waals surface area contributed by atoms with Crippen LogP contribution in [0.15, 0.2) is 0 Å². The van der Waals surface area contributed by atoms with Gasteiger partial charge in [-0.2, -0.15) is 0 Å². The number of carboxylic acids is 1. The van der Waals surface area contributed by atoms with Gasteiger partial charge in [-0.25, -0.2) is 4.79 Å². The summed E-state index contributed by atoms with van der Waals surface area (Å²) in [4.78, 5) is 24.3. The number of aliphatic carboxylic acids is 1. The fraction of sp³-hybridized carbons (Fsp3) is 0.846. The molecule has 0 aromatic rings. The van der Waals surface area contributed by atoms with Crippen molar-refractivity contribution in [1.82, 2.24) is 4.90 Å². The maximum absolute atomic E-state index is 11.8. The number of amides is 1. The van der Waals surface area contributed by atoms with Gasteiger partial charge in [0.1, 0.15) is 5.60 Å². The highest BCUT2D eigenvalue weighted by Crippen LogP contribution is 2.61. The Labute approximate surface area is 107 Å². The number of likely N-dealkylation sites (tertiary alicyclic amines) is 1. The van der Waals surface area contributed by atoms with Crippen molar-refractivity contribution in [1.29, 1.82) is 0 Å². The fourth-order valence-electron chi connectivity index (χ4n) is 2.79. The molecule has 1 aliphatic carbocycles. The Hall–Kier alpha value is -1.26. The molecule has 0 bridgehead atoms. The second-order valence-corrected chi connectivity index (χ2v) is 6.64. The Bertz CT molecular complexity index is 379. The molecule has 1 heterocycles. The van der Waals surface area contributed by atoms with E-state index in [1.54, 1.807) is 11.8 Å². The third kappa shape index (κ3) is 2.31. The quantitative estimate of drug-likeness (QED) is 0.819. The average molecular weight is 255 g/mol. The molecular weight excluding hydrogens is 234 g/mol. The Morgan fingerprint density at radius 3 is 2.39 bits per heavy atom. The number of carboxylic acid groups (broad SMARTS) is 1. The molecule has 1 spiro atoms. The van der Waals surface area contributed by atoms with E-state index in [4.69, 9.17) is 9.84 Å². The number of ether oxygens (including phenoxy) is 1. The minimum atomic E-state index is -0.743.